The van der Waals surface area contributed by atoms with Gasteiger partial charge in [-0.2, -0.15) is 0 Å². The highest BCUT2D eigenvalue weighted by Crippen LogP contribution is 2.22. The zero-order valence-corrected chi connectivity index (χ0v) is 11.4. The number of fused-ring (bicyclic) bond motifs is 1. The van der Waals surface area contributed by atoms with Crippen LogP contribution in [0.15, 0.2) is 18.2 Å². The second-order valence-electron chi connectivity index (χ2n) is 5.41. The molecule has 18 heavy (non-hydrogen) atoms. The molecular weight excluding hydrogens is 224 g/mol. The summed E-state index contributed by atoms with van der Waals surface area (Å²) in [7, 11) is 0. The van der Waals surface area contributed by atoms with Gasteiger partial charge in [0.2, 0.25) is 0 Å². The fraction of sp³-hybridized carbons (Fsp3) is 0.533. The molecule has 1 aromatic carbocycles. The molecule has 1 aromatic rings. The second-order valence-corrected chi connectivity index (χ2v) is 5.41. The Kier molecular flexibility index (Phi) is 3.90. The van der Waals surface area contributed by atoms with Crippen molar-refractivity contribution in [1.82, 2.24) is 5.32 Å². The summed E-state index contributed by atoms with van der Waals surface area (Å²) in [6.07, 6.45) is 2.20. The SMILES string of the molecule is CC(C)C(C)NC(=O)c1ccc2c(c1)CCCN2. The quantitative estimate of drug-likeness (QED) is 0.861. The number of hydrogen-bond acceptors (Lipinski definition) is 2. The summed E-state index contributed by atoms with van der Waals surface area (Å²) in [6.45, 7) is 7.30. The van der Waals surface area contributed by atoms with Crippen molar-refractivity contribution in [3.05, 3.63) is 29.3 Å². The van der Waals surface area contributed by atoms with E-state index in [1.54, 1.807) is 0 Å². The Balaban J connectivity index is 2.11. The Morgan fingerprint density at radius 2 is 2.11 bits per heavy atom. The van der Waals surface area contributed by atoms with Crippen LogP contribution in [0.25, 0.3) is 0 Å². The molecule has 0 spiro atoms. The lowest BCUT2D eigenvalue weighted by Gasteiger charge is -2.20. The average Bonchev–Trinajstić information content (AvgIpc) is 2.37. The molecule has 3 heteroatoms. The normalized spacial score (nSPS) is 15.8. The van der Waals surface area contributed by atoms with Crippen molar-refractivity contribution in [3.8, 4) is 0 Å². The average molecular weight is 246 g/mol. The van der Waals surface area contributed by atoms with Crippen molar-refractivity contribution in [3.63, 3.8) is 0 Å². The number of aryl methyl sites for hydroxylation is 1. The van der Waals surface area contributed by atoms with E-state index in [2.05, 4.69) is 24.5 Å². The van der Waals surface area contributed by atoms with E-state index in [-0.39, 0.29) is 11.9 Å². The van der Waals surface area contributed by atoms with E-state index >= 15 is 0 Å². The first-order valence-electron chi connectivity index (χ1n) is 6.75. The molecule has 0 fully saturated rings. The standard InChI is InChI=1S/C15H22N2O/c1-10(2)11(3)17-15(18)13-6-7-14-12(9-13)5-4-8-16-14/h6-7,9-11,16H,4-5,8H2,1-3H3,(H,17,18). The first-order valence-corrected chi connectivity index (χ1v) is 6.75. The fourth-order valence-corrected chi connectivity index (χ4v) is 2.07. The molecular formula is C15H22N2O. The van der Waals surface area contributed by atoms with Crippen LogP contribution >= 0.6 is 0 Å². The Morgan fingerprint density at radius 1 is 1.33 bits per heavy atom. The van der Waals surface area contributed by atoms with Crippen molar-refractivity contribution in [1.29, 1.82) is 0 Å². The Labute approximate surface area is 109 Å². The van der Waals surface area contributed by atoms with E-state index in [1.807, 2.05) is 25.1 Å². The van der Waals surface area contributed by atoms with E-state index in [1.165, 1.54) is 11.3 Å². The maximum Gasteiger partial charge on any atom is 0.251 e. The zero-order chi connectivity index (χ0) is 13.1. The molecule has 0 saturated carbocycles. The lowest BCUT2D eigenvalue weighted by molar-refractivity contribution is 0.0930. The number of rotatable bonds is 3. The lowest BCUT2D eigenvalue weighted by atomic mass is 10.00. The van der Waals surface area contributed by atoms with E-state index in [0.29, 0.717) is 5.92 Å². The largest absolute Gasteiger partial charge is 0.385 e. The summed E-state index contributed by atoms with van der Waals surface area (Å²) in [5.41, 5.74) is 3.20. The van der Waals surface area contributed by atoms with Gasteiger partial charge in [-0.1, -0.05) is 13.8 Å². The Bertz CT molecular complexity index is 440. The minimum Gasteiger partial charge on any atom is -0.385 e. The Morgan fingerprint density at radius 3 is 2.83 bits per heavy atom. The minimum atomic E-state index is 0.0320. The molecule has 0 aromatic heterocycles. The van der Waals surface area contributed by atoms with Gasteiger partial charge in [0.05, 0.1) is 0 Å². The number of nitrogens with one attached hydrogen (secondary N) is 2. The van der Waals surface area contributed by atoms with Crippen LogP contribution in [0, 0.1) is 5.92 Å². The van der Waals surface area contributed by atoms with Gasteiger partial charge in [-0.25, -0.2) is 0 Å². The fourth-order valence-electron chi connectivity index (χ4n) is 2.07. The number of amides is 1. The van der Waals surface area contributed by atoms with Crippen LogP contribution in [0.2, 0.25) is 0 Å². The van der Waals surface area contributed by atoms with Crippen LogP contribution in [-0.4, -0.2) is 18.5 Å². The molecule has 0 bridgehead atoms. The first kappa shape index (κ1) is 12.9. The van der Waals surface area contributed by atoms with Gasteiger partial charge in [-0.3, -0.25) is 4.79 Å². The van der Waals surface area contributed by atoms with Crippen LogP contribution in [0.1, 0.15) is 43.1 Å². The molecule has 2 rings (SSSR count). The third-order valence-corrected chi connectivity index (χ3v) is 3.66. The molecule has 1 aliphatic rings. The van der Waals surface area contributed by atoms with Crippen molar-refractivity contribution in [2.24, 2.45) is 5.92 Å². The molecule has 1 atom stereocenters. The predicted octanol–water partition coefficient (Wildman–Crippen LogP) is 2.82. The highest BCUT2D eigenvalue weighted by Gasteiger charge is 2.15. The maximum atomic E-state index is 12.1. The molecule has 1 unspecified atom stereocenters. The smallest absolute Gasteiger partial charge is 0.251 e. The predicted molar refractivity (Wildman–Crippen MR) is 75.0 cm³/mol. The zero-order valence-electron chi connectivity index (χ0n) is 11.4. The number of carbonyl (C=O) groups excluding carboxylic acids is 1. The van der Waals surface area contributed by atoms with Gasteiger partial charge in [0, 0.05) is 23.8 Å². The number of carbonyl (C=O) groups is 1. The summed E-state index contributed by atoms with van der Waals surface area (Å²) in [5.74, 6) is 0.484. The highest BCUT2D eigenvalue weighted by molar-refractivity contribution is 5.95. The van der Waals surface area contributed by atoms with E-state index < -0.39 is 0 Å². The molecule has 1 aliphatic heterocycles. The van der Waals surface area contributed by atoms with Crippen molar-refractivity contribution in [2.45, 2.75) is 39.7 Å². The van der Waals surface area contributed by atoms with Crippen LogP contribution in [-0.2, 0) is 6.42 Å². The number of benzene rings is 1. The summed E-state index contributed by atoms with van der Waals surface area (Å²) < 4.78 is 0. The summed E-state index contributed by atoms with van der Waals surface area (Å²) in [4.78, 5) is 12.1. The monoisotopic (exact) mass is 246 g/mol. The molecule has 1 heterocycles. The van der Waals surface area contributed by atoms with Crippen molar-refractivity contribution >= 4 is 11.6 Å². The maximum absolute atomic E-state index is 12.1. The van der Waals surface area contributed by atoms with E-state index in [9.17, 15) is 4.79 Å². The molecule has 98 valence electrons. The molecule has 0 radical (unpaired) electrons. The van der Waals surface area contributed by atoms with Crippen LogP contribution in [0.5, 0.6) is 0 Å². The molecule has 0 aliphatic carbocycles. The van der Waals surface area contributed by atoms with Gasteiger partial charge in [0.25, 0.3) is 5.91 Å². The molecule has 3 nitrogen and oxygen atoms in total. The van der Waals surface area contributed by atoms with Gasteiger partial charge in [-0.05, 0) is 49.4 Å². The van der Waals surface area contributed by atoms with Crippen LogP contribution < -0.4 is 10.6 Å². The van der Waals surface area contributed by atoms with Gasteiger partial charge < -0.3 is 10.6 Å². The van der Waals surface area contributed by atoms with E-state index in [0.717, 1.165) is 24.9 Å². The highest BCUT2D eigenvalue weighted by atomic mass is 16.1. The third kappa shape index (κ3) is 2.84. The van der Waals surface area contributed by atoms with Crippen molar-refractivity contribution < 1.29 is 4.79 Å². The first-order chi connectivity index (χ1) is 8.58. The minimum absolute atomic E-state index is 0.0320. The van der Waals surface area contributed by atoms with E-state index in [4.69, 9.17) is 0 Å². The lowest BCUT2D eigenvalue weighted by Crippen LogP contribution is -2.36. The van der Waals surface area contributed by atoms with Gasteiger partial charge in [-0.15, -0.1) is 0 Å². The third-order valence-electron chi connectivity index (χ3n) is 3.66. The molecule has 0 saturated heterocycles. The van der Waals surface area contributed by atoms with Crippen molar-refractivity contribution in [2.75, 3.05) is 11.9 Å². The van der Waals surface area contributed by atoms with Crippen LogP contribution in [0.3, 0.4) is 0 Å². The summed E-state index contributed by atoms with van der Waals surface area (Å²) >= 11 is 0. The topological polar surface area (TPSA) is 41.1 Å². The number of hydrogen-bond donors (Lipinski definition) is 2. The molecule has 1 amide bonds. The summed E-state index contributed by atoms with van der Waals surface area (Å²) in [5, 5.41) is 6.40. The van der Waals surface area contributed by atoms with Gasteiger partial charge in [0.15, 0.2) is 0 Å². The van der Waals surface area contributed by atoms with Crippen LogP contribution in [0.4, 0.5) is 5.69 Å². The van der Waals surface area contributed by atoms with Gasteiger partial charge >= 0.3 is 0 Å². The second kappa shape index (κ2) is 5.42. The van der Waals surface area contributed by atoms with Gasteiger partial charge in [0.1, 0.15) is 0 Å². The Hall–Kier alpha value is -1.51. The summed E-state index contributed by atoms with van der Waals surface area (Å²) in [6, 6.07) is 6.14. The molecule has 2 N–H and O–H groups in total. The number of anilines is 1.